The van der Waals surface area contributed by atoms with Crippen molar-refractivity contribution in [1.29, 1.82) is 0 Å². The number of hydrogen-bond donors (Lipinski definition) is 4. The number of ether oxygens (including phenoxy) is 2. The first-order chi connectivity index (χ1) is 12.0. The van der Waals surface area contributed by atoms with Gasteiger partial charge in [-0.05, 0) is 20.8 Å². The minimum atomic E-state index is -4.67. The highest BCUT2D eigenvalue weighted by molar-refractivity contribution is 7.79. The van der Waals surface area contributed by atoms with Crippen molar-refractivity contribution in [2.24, 2.45) is 0 Å². The molecule has 4 N–H and O–H groups in total. The van der Waals surface area contributed by atoms with Gasteiger partial charge in [-0.2, -0.15) is 12.8 Å². The highest BCUT2D eigenvalue weighted by Crippen LogP contribution is 2.26. The van der Waals surface area contributed by atoms with E-state index in [0.29, 0.717) is 25.6 Å². The maximum Gasteiger partial charge on any atom is 0.394 e. The number of aromatic nitrogens is 2. The molecule has 0 bridgehead atoms. The van der Waals surface area contributed by atoms with Gasteiger partial charge in [0.25, 0.3) is 5.88 Å². The minimum Gasteiger partial charge on any atom is -0.472 e. The number of nitrogens with one attached hydrogen (secondary N) is 1. The summed E-state index contributed by atoms with van der Waals surface area (Å²) in [6, 6.07) is 0. The average molecular weight is 415 g/mol. The maximum atomic E-state index is 9.95. The highest BCUT2D eigenvalue weighted by atomic mass is 32.3. The SMILES string of the molecule is CC(C)(C)NC[C@H](O)COc1nsnc1N1CCOCC1.O=S(=O)(O)O. The van der Waals surface area contributed by atoms with Crippen molar-refractivity contribution in [3.63, 3.8) is 0 Å². The third-order valence-corrected chi connectivity index (χ3v) is 3.54. The van der Waals surface area contributed by atoms with Crippen LogP contribution in [-0.4, -0.2) is 82.5 Å². The number of β-amino-alcohol motifs (C(OH)–C–C–N with tert-alkyl or cyclic N) is 1. The van der Waals surface area contributed by atoms with Gasteiger partial charge >= 0.3 is 10.4 Å². The molecule has 0 radical (unpaired) electrons. The van der Waals surface area contributed by atoms with Crippen LogP contribution in [0.25, 0.3) is 0 Å². The number of anilines is 1. The second-order valence-corrected chi connectivity index (χ2v) is 7.96. The summed E-state index contributed by atoms with van der Waals surface area (Å²) >= 11 is 1.12. The molecule has 2 rings (SSSR count). The van der Waals surface area contributed by atoms with Crippen molar-refractivity contribution >= 4 is 27.9 Å². The van der Waals surface area contributed by atoms with Gasteiger partial charge in [-0.15, -0.1) is 4.37 Å². The molecule has 13 heteroatoms. The summed E-state index contributed by atoms with van der Waals surface area (Å²) in [6.45, 7) is 9.81. The van der Waals surface area contributed by atoms with Crippen LogP contribution in [0.4, 0.5) is 5.82 Å². The van der Waals surface area contributed by atoms with Crippen LogP contribution in [0.1, 0.15) is 20.8 Å². The van der Waals surface area contributed by atoms with Gasteiger partial charge in [-0.25, -0.2) is 0 Å². The number of aliphatic hydroxyl groups excluding tert-OH is 1. The minimum absolute atomic E-state index is 0.0257. The molecular formula is C13H26N4O7S2. The number of rotatable bonds is 6. The zero-order valence-corrected chi connectivity index (χ0v) is 16.6. The summed E-state index contributed by atoms with van der Waals surface area (Å²) in [5.74, 6) is 1.25. The number of nitrogens with zero attached hydrogens (tertiary/aromatic N) is 3. The van der Waals surface area contributed by atoms with Crippen LogP contribution in [0.15, 0.2) is 0 Å². The van der Waals surface area contributed by atoms with Gasteiger partial charge in [-0.1, -0.05) is 0 Å². The molecule has 1 aliphatic heterocycles. The lowest BCUT2D eigenvalue weighted by Gasteiger charge is -2.27. The van der Waals surface area contributed by atoms with Crippen LogP contribution >= 0.6 is 11.7 Å². The van der Waals surface area contributed by atoms with Gasteiger partial charge in [0.15, 0.2) is 0 Å². The summed E-state index contributed by atoms with van der Waals surface area (Å²) < 4.78 is 51.0. The zero-order chi connectivity index (χ0) is 19.8. The molecule has 1 fully saturated rings. The predicted octanol–water partition coefficient (Wildman–Crippen LogP) is -0.150. The number of hydrogen-bond acceptors (Lipinski definition) is 10. The second-order valence-electron chi connectivity index (χ2n) is 6.54. The van der Waals surface area contributed by atoms with E-state index < -0.39 is 16.5 Å². The third kappa shape index (κ3) is 10.8. The van der Waals surface area contributed by atoms with E-state index in [4.69, 9.17) is 27.0 Å². The Morgan fingerprint density at radius 1 is 1.31 bits per heavy atom. The monoisotopic (exact) mass is 414 g/mol. The Morgan fingerprint density at radius 2 is 1.88 bits per heavy atom. The van der Waals surface area contributed by atoms with Crippen molar-refractivity contribution in [3.05, 3.63) is 0 Å². The highest BCUT2D eigenvalue weighted by Gasteiger charge is 2.21. The Hall–Kier alpha value is -1.09. The van der Waals surface area contributed by atoms with Gasteiger partial charge in [0.05, 0.1) is 24.9 Å². The first-order valence-corrected chi connectivity index (χ1v) is 9.99. The summed E-state index contributed by atoms with van der Waals surface area (Å²) in [4.78, 5) is 2.10. The fourth-order valence-electron chi connectivity index (χ4n) is 1.89. The molecule has 1 aromatic heterocycles. The standard InChI is InChI=1S/C13H24N4O3S.H2O4S/c1-13(2,3)14-8-10(18)9-20-12-11(15-21-16-12)17-4-6-19-7-5-17;1-5(2,3)4/h10,14,18H,4-9H2,1-3H3;(H2,1,2,3,4)/t10-;/m0./s1. The molecule has 152 valence electrons. The van der Waals surface area contributed by atoms with Gasteiger partial charge < -0.3 is 24.8 Å². The Kier molecular flexibility index (Phi) is 9.09. The lowest BCUT2D eigenvalue weighted by atomic mass is 10.1. The van der Waals surface area contributed by atoms with E-state index in [-0.39, 0.29) is 12.1 Å². The molecule has 0 aromatic carbocycles. The zero-order valence-electron chi connectivity index (χ0n) is 15.0. The average Bonchev–Trinajstić information content (AvgIpc) is 2.98. The second kappa shape index (κ2) is 10.3. The van der Waals surface area contributed by atoms with E-state index in [0.717, 1.165) is 30.6 Å². The van der Waals surface area contributed by atoms with Crippen LogP contribution in [0.5, 0.6) is 5.88 Å². The van der Waals surface area contributed by atoms with E-state index in [1.54, 1.807) is 0 Å². The molecule has 2 heterocycles. The lowest BCUT2D eigenvalue weighted by Crippen LogP contribution is -2.42. The van der Waals surface area contributed by atoms with E-state index in [1.807, 2.05) is 0 Å². The third-order valence-electron chi connectivity index (χ3n) is 3.03. The molecule has 0 unspecified atom stereocenters. The molecule has 11 nitrogen and oxygen atoms in total. The summed E-state index contributed by atoms with van der Waals surface area (Å²) in [5.41, 5.74) is -0.0257. The van der Waals surface area contributed by atoms with E-state index >= 15 is 0 Å². The smallest absolute Gasteiger partial charge is 0.394 e. The van der Waals surface area contributed by atoms with Crippen LogP contribution in [0.3, 0.4) is 0 Å². The molecule has 0 saturated carbocycles. The topological polar surface area (TPSA) is 154 Å². The van der Waals surface area contributed by atoms with Crippen molar-refractivity contribution < 1.29 is 32.1 Å². The molecular weight excluding hydrogens is 388 g/mol. The fourth-order valence-corrected chi connectivity index (χ4v) is 2.41. The molecule has 0 amide bonds. The molecule has 1 aromatic rings. The van der Waals surface area contributed by atoms with Gasteiger partial charge in [0.1, 0.15) is 12.7 Å². The van der Waals surface area contributed by atoms with Crippen molar-refractivity contribution in [3.8, 4) is 5.88 Å². The molecule has 1 atom stereocenters. The van der Waals surface area contributed by atoms with Crippen LogP contribution in [0, 0.1) is 0 Å². The normalized spacial score (nSPS) is 16.6. The predicted molar refractivity (Wildman–Crippen MR) is 96.4 cm³/mol. The first kappa shape index (κ1) is 23.0. The summed E-state index contributed by atoms with van der Waals surface area (Å²) in [7, 11) is -4.67. The van der Waals surface area contributed by atoms with Crippen molar-refractivity contribution in [1.82, 2.24) is 14.1 Å². The van der Waals surface area contributed by atoms with Crippen molar-refractivity contribution in [2.75, 3.05) is 44.4 Å². The fraction of sp³-hybridized carbons (Fsp3) is 0.846. The van der Waals surface area contributed by atoms with E-state index in [1.165, 1.54) is 0 Å². The first-order valence-electron chi connectivity index (χ1n) is 7.87. The van der Waals surface area contributed by atoms with E-state index in [9.17, 15) is 5.11 Å². The molecule has 1 saturated heterocycles. The van der Waals surface area contributed by atoms with Crippen LogP contribution in [0.2, 0.25) is 0 Å². The molecule has 1 aliphatic rings. The largest absolute Gasteiger partial charge is 0.472 e. The molecule has 0 spiro atoms. The maximum absolute atomic E-state index is 9.95. The molecule has 0 aliphatic carbocycles. The van der Waals surface area contributed by atoms with Gasteiger partial charge in [0.2, 0.25) is 5.82 Å². The van der Waals surface area contributed by atoms with Crippen molar-refractivity contribution in [2.45, 2.75) is 32.4 Å². The van der Waals surface area contributed by atoms with Crippen LogP contribution in [-0.2, 0) is 15.1 Å². The Bertz CT molecular complexity index is 619. The number of aliphatic hydroxyl groups is 1. The van der Waals surface area contributed by atoms with Gasteiger partial charge in [0, 0.05) is 25.2 Å². The number of morpholine rings is 1. The Morgan fingerprint density at radius 3 is 2.42 bits per heavy atom. The van der Waals surface area contributed by atoms with Gasteiger partial charge in [-0.3, -0.25) is 9.11 Å². The quantitative estimate of drug-likeness (QED) is 0.459. The van der Waals surface area contributed by atoms with Crippen LogP contribution < -0.4 is 15.0 Å². The molecule has 26 heavy (non-hydrogen) atoms. The summed E-state index contributed by atoms with van der Waals surface area (Å²) in [6.07, 6.45) is -0.580. The Labute approximate surface area is 157 Å². The van der Waals surface area contributed by atoms with E-state index in [2.05, 4.69) is 39.7 Å². The Balaban J connectivity index is 0.000000597. The lowest BCUT2D eigenvalue weighted by molar-refractivity contribution is 0.0975. The summed E-state index contributed by atoms with van der Waals surface area (Å²) in [5, 5.41) is 13.2.